The fourth-order valence-electron chi connectivity index (χ4n) is 3.77. The molecule has 0 bridgehead atoms. The molecular weight excluding hydrogens is 364 g/mol. The van der Waals surface area contributed by atoms with Crippen molar-refractivity contribution < 1.29 is 14.3 Å². The standard InChI is InChI=1S/C24H32N2O3/c1-17-8-7-15-26(16-17)21-13-11-20(12-14-21)18(2)25-24(27)19(3)29-23-10-6-5-9-22(23)28-4/h5-6,9-14,17-19H,7-8,15-16H2,1-4H3,(H,25,27)/t17-,18-,19-/m1/s1. The minimum absolute atomic E-state index is 0.0967. The molecule has 2 aromatic carbocycles. The molecule has 5 nitrogen and oxygen atoms in total. The molecule has 1 amide bonds. The Labute approximate surface area is 174 Å². The summed E-state index contributed by atoms with van der Waals surface area (Å²) >= 11 is 0. The minimum atomic E-state index is -0.622. The summed E-state index contributed by atoms with van der Waals surface area (Å²) in [6.45, 7) is 8.28. The molecule has 5 heteroatoms. The Morgan fingerprint density at radius 3 is 2.45 bits per heavy atom. The van der Waals surface area contributed by atoms with Crippen LogP contribution in [0.4, 0.5) is 5.69 Å². The van der Waals surface area contributed by atoms with Gasteiger partial charge in [0.05, 0.1) is 13.2 Å². The summed E-state index contributed by atoms with van der Waals surface area (Å²) in [5, 5.41) is 3.04. The van der Waals surface area contributed by atoms with Crippen molar-refractivity contribution >= 4 is 11.6 Å². The summed E-state index contributed by atoms with van der Waals surface area (Å²) in [5.74, 6) is 1.76. The lowest BCUT2D eigenvalue weighted by atomic mass is 9.99. The first-order valence-electron chi connectivity index (χ1n) is 10.4. The minimum Gasteiger partial charge on any atom is -0.493 e. The molecule has 29 heavy (non-hydrogen) atoms. The van der Waals surface area contributed by atoms with E-state index in [9.17, 15) is 4.79 Å². The molecule has 1 aliphatic heterocycles. The number of anilines is 1. The highest BCUT2D eigenvalue weighted by molar-refractivity contribution is 5.81. The van der Waals surface area contributed by atoms with Gasteiger partial charge in [0.2, 0.25) is 0 Å². The zero-order valence-corrected chi connectivity index (χ0v) is 17.9. The fourth-order valence-corrected chi connectivity index (χ4v) is 3.77. The third-order valence-electron chi connectivity index (χ3n) is 5.52. The molecule has 1 fully saturated rings. The average Bonchev–Trinajstić information content (AvgIpc) is 2.74. The van der Waals surface area contributed by atoms with Crippen LogP contribution in [0.5, 0.6) is 11.5 Å². The van der Waals surface area contributed by atoms with Gasteiger partial charge in [0.1, 0.15) is 0 Å². The third-order valence-corrected chi connectivity index (χ3v) is 5.52. The van der Waals surface area contributed by atoms with Crippen molar-refractivity contribution in [2.24, 2.45) is 5.92 Å². The van der Waals surface area contributed by atoms with E-state index in [2.05, 4.69) is 41.4 Å². The molecule has 0 radical (unpaired) electrons. The number of benzene rings is 2. The molecule has 1 aliphatic rings. The second-order valence-electron chi connectivity index (χ2n) is 7.93. The summed E-state index contributed by atoms with van der Waals surface area (Å²) in [6.07, 6.45) is 1.94. The molecule has 1 N–H and O–H groups in total. The van der Waals surface area contributed by atoms with Gasteiger partial charge in [0.25, 0.3) is 5.91 Å². The molecule has 156 valence electrons. The Hall–Kier alpha value is -2.69. The van der Waals surface area contributed by atoms with E-state index in [1.807, 2.05) is 25.1 Å². The van der Waals surface area contributed by atoms with Crippen molar-refractivity contribution in [3.8, 4) is 11.5 Å². The van der Waals surface area contributed by atoms with Crippen LogP contribution in [0.25, 0.3) is 0 Å². The molecule has 3 atom stereocenters. The number of para-hydroxylation sites is 2. The molecule has 3 rings (SSSR count). The summed E-state index contributed by atoms with van der Waals surface area (Å²) in [4.78, 5) is 15.0. The van der Waals surface area contributed by atoms with E-state index in [-0.39, 0.29) is 11.9 Å². The van der Waals surface area contributed by atoms with E-state index in [4.69, 9.17) is 9.47 Å². The maximum absolute atomic E-state index is 12.6. The van der Waals surface area contributed by atoms with Crippen molar-refractivity contribution in [3.05, 3.63) is 54.1 Å². The highest BCUT2D eigenvalue weighted by Gasteiger charge is 2.20. The van der Waals surface area contributed by atoms with E-state index < -0.39 is 6.10 Å². The number of nitrogens with one attached hydrogen (secondary N) is 1. The molecule has 1 heterocycles. The summed E-state index contributed by atoms with van der Waals surface area (Å²) < 4.78 is 11.1. The van der Waals surface area contributed by atoms with E-state index in [1.54, 1.807) is 20.1 Å². The van der Waals surface area contributed by atoms with Crippen LogP contribution in [0.15, 0.2) is 48.5 Å². The highest BCUT2D eigenvalue weighted by atomic mass is 16.5. The number of nitrogens with zero attached hydrogens (tertiary/aromatic N) is 1. The zero-order chi connectivity index (χ0) is 20.8. The maximum atomic E-state index is 12.6. The van der Waals surface area contributed by atoms with Gasteiger partial charge in [-0.05, 0) is 62.4 Å². The summed E-state index contributed by atoms with van der Waals surface area (Å²) in [6, 6.07) is 15.8. The lowest BCUT2D eigenvalue weighted by molar-refractivity contribution is -0.127. The van der Waals surface area contributed by atoms with Crippen molar-refractivity contribution in [1.29, 1.82) is 0 Å². The van der Waals surface area contributed by atoms with Crippen LogP contribution < -0.4 is 19.7 Å². The first-order chi connectivity index (χ1) is 14.0. The van der Waals surface area contributed by atoms with Crippen molar-refractivity contribution in [2.75, 3.05) is 25.1 Å². The van der Waals surface area contributed by atoms with E-state index in [0.717, 1.165) is 24.6 Å². The number of hydrogen-bond donors (Lipinski definition) is 1. The number of carbonyl (C=O) groups is 1. The lowest BCUT2D eigenvalue weighted by Gasteiger charge is -2.33. The van der Waals surface area contributed by atoms with Gasteiger partial charge < -0.3 is 19.7 Å². The lowest BCUT2D eigenvalue weighted by Crippen LogP contribution is -2.37. The van der Waals surface area contributed by atoms with Crippen LogP contribution in [0.2, 0.25) is 0 Å². The van der Waals surface area contributed by atoms with Crippen LogP contribution in [0, 0.1) is 5.92 Å². The smallest absolute Gasteiger partial charge is 0.261 e. The molecule has 0 aromatic heterocycles. The normalized spacial score (nSPS) is 18.6. The predicted octanol–water partition coefficient (Wildman–Crippen LogP) is 4.58. The first-order valence-corrected chi connectivity index (χ1v) is 10.4. The van der Waals surface area contributed by atoms with Crippen molar-refractivity contribution in [2.45, 2.75) is 45.8 Å². The molecule has 0 aliphatic carbocycles. The van der Waals surface area contributed by atoms with E-state index >= 15 is 0 Å². The van der Waals surface area contributed by atoms with Crippen LogP contribution in [0.1, 0.15) is 45.2 Å². The Morgan fingerprint density at radius 2 is 1.79 bits per heavy atom. The van der Waals surface area contributed by atoms with Gasteiger partial charge in [-0.2, -0.15) is 0 Å². The second kappa shape index (κ2) is 9.68. The fraction of sp³-hybridized carbons (Fsp3) is 0.458. The molecule has 0 saturated carbocycles. The largest absolute Gasteiger partial charge is 0.493 e. The van der Waals surface area contributed by atoms with Gasteiger partial charge in [-0.15, -0.1) is 0 Å². The Morgan fingerprint density at radius 1 is 1.10 bits per heavy atom. The molecule has 0 unspecified atom stereocenters. The highest BCUT2D eigenvalue weighted by Crippen LogP contribution is 2.27. The summed E-state index contributed by atoms with van der Waals surface area (Å²) in [7, 11) is 1.59. The maximum Gasteiger partial charge on any atom is 0.261 e. The van der Waals surface area contributed by atoms with Gasteiger partial charge >= 0.3 is 0 Å². The first kappa shape index (κ1) is 21.0. The quantitative estimate of drug-likeness (QED) is 0.744. The number of rotatable bonds is 7. The number of amides is 1. The van der Waals surface area contributed by atoms with Crippen LogP contribution in [-0.4, -0.2) is 32.2 Å². The number of piperidine rings is 1. The molecular formula is C24H32N2O3. The van der Waals surface area contributed by atoms with Crippen LogP contribution in [0.3, 0.4) is 0 Å². The van der Waals surface area contributed by atoms with Gasteiger partial charge in [-0.1, -0.05) is 31.2 Å². The zero-order valence-electron chi connectivity index (χ0n) is 17.9. The van der Waals surface area contributed by atoms with Gasteiger partial charge in [0, 0.05) is 18.8 Å². The summed E-state index contributed by atoms with van der Waals surface area (Å²) in [5.41, 5.74) is 2.34. The molecule has 2 aromatic rings. The average molecular weight is 397 g/mol. The predicted molar refractivity (Wildman–Crippen MR) is 117 cm³/mol. The Balaban J connectivity index is 1.57. The van der Waals surface area contributed by atoms with Crippen LogP contribution in [-0.2, 0) is 4.79 Å². The second-order valence-corrected chi connectivity index (χ2v) is 7.93. The Bertz CT molecular complexity index is 806. The van der Waals surface area contributed by atoms with Gasteiger partial charge in [-0.25, -0.2) is 0 Å². The van der Waals surface area contributed by atoms with Crippen molar-refractivity contribution in [1.82, 2.24) is 5.32 Å². The van der Waals surface area contributed by atoms with Gasteiger partial charge in [-0.3, -0.25) is 4.79 Å². The topological polar surface area (TPSA) is 50.8 Å². The van der Waals surface area contributed by atoms with E-state index in [0.29, 0.717) is 11.5 Å². The van der Waals surface area contributed by atoms with E-state index in [1.165, 1.54) is 18.5 Å². The third kappa shape index (κ3) is 5.43. The SMILES string of the molecule is COc1ccccc1O[C@H](C)C(=O)N[C@H](C)c1ccc(N2CCC[C@@H](C)C2)cc1. The monoisotopic (exact) mass is 396 g/mol. The number of carbonyl (C=O) groups excluding carboxylic acids is 1. The van der Waals surface area contributed by atoms with Gasteiger partial charge in [0.15, 0.2) is 17.6 Å². The number of methoxy groups -OCH3 is 1. The van der Waals surface area contributed by atoms with Crippen molar-refractivity contribution in [3.63, 3.8) is 0 Å². The van der Waals surface area contributed by atoms with Crippen LogP contribution >= 0.6 is 0 Å². The number of hydrogen-bond acceptors (Lipinski definition) is 4. The number of ether oxygens (including phenoxy) is 2. The Kier molecular flexibility index (Phi) is 7.02. The molecule has 0 spiro atoms. The molecule has 1 saturated heterocycles.